The molecular weight excluding hydrogens is 348 g/mol. The van der Waals surface area contributed by atoms with Crippen LogP contribution < -0.4 is 0 Å². The maximum atomic E-state index is 13.0. The molecule has 0 spiro atoms. The van der Waals surface area contributed by atoms with Crippen LogP contribution in [0.2, 0.25) is 5.02 Å². The Kier molecular flexibility index (Phi) is 4.62. The number of fused-ring (bicyclic) bond motifs is 2. The van der Waals surface area contributed by atoms with Crippen molar-refractivity contribution in [3.63, 3.8) is 0 Å². The van der Waals surface area contributed by atoms with Crippen LogP contribution in [0.1, 0.15) is 27.2 Å². The molecule has 1 aliphatic rings. The number of nitrogens with zero attached hydrogens (tertiary/aromatic N) is 2. The fourth-order valence-corrected chi connectivity index (χ4v) is 3.62. The number of likely N-dealkylation sites (N-methyl/N-ethyl adjacent to an activating group) is 1. The highest BCUT2D eigenvalue weighted by atomic mass is 35.5. The molecule has 26 heavy (non-hydrogen) atoms. The topological polar surface area (TPSA) is 42.4 Å². The van der Waals surface area contributed by atoms with Crippen LogP contribution in [0.15, 0.2) is 48.5 Å². The zero-order valence-corrected chi connectivity index (χ0v) is 15.3. The first-order chi connectivity index (χ1) is 12.6. The number of ether oxygens (including phenoxy) is 1. The molecule has 2 heterocycles. The van der Waals surface area contributed by atoms with Crippen LogP contribution in [0.4, 0.5) is 0 Å². The molecule has 4 nitrogen and oxygen atoms in total. The molecule has 0 radical (unpaired) electrons. The van der Waals surface area contributed by atoms with Gasteiger partial charge in [0.05, 0.1) is 11.1 Å². The Bertz CT molecular complexity index is 987. The van der Waals surface area contributed by atoms with E-state index in [0.29, 0.717) is 17.1 Å². The van der Waals surface area contributed by atoms with Crippen molar-refractivity contribution < 1.29 is 9.53 Å². The number of carbonyl (C=O) groups excluding carboxylic acids is 1. The SMILES string of the molecule is CN1CCc2nc3ccccc3c(C(=O)OCc3cccc(Cl)c3)c2C1. The molecule has 0 atom stereocenters. The maximum absolute atomic E-state index is 13.0. The van der Waals surface area contributed by atoms with E-state index in [1.165, 1.54) is 0 Å². The number of esters is 1. The molecule has 0 saturated carbocycles. The van der Waals surface area contributed by atoms with E-state index in [0.717, 1.165) is 40.7 Å². The Balaban J connectivity index is 1.72. The quantitative estimate of drug-likeness (QED) is 0.650. The normalized spacial score (nSPS) is 14.2. The highest BCUT2D eigenvalue weighted by Crippen LogP contribution is 2.28. The van der Waals surface area contributed by atoms with Gasteiger partial charge < -0.3 is 9.64 Å². The lowest BCUT2D eigenvalue weighted by atomic mass is 9.96. The average molecular weight is 367 g/mol. The van der Waals surface area contributed by atoms with E-state index in [1.807, 2.05) is 42.5 Å². The Morgan fingerprint density at radius 1 is 1.23 bits per heavy atom. The van der Waals surface area contributed by atoms with Crippen molar-refractivity contribution in [3.8, 4) is 0 Å². The summed E-state index contributed by atoms with van der Waals surface area (Å²) in [4.78, 5) is 20.0. The van der Waals surface area contributed by atoms with E-state index in [4.69, 9.17) is 21.3 Å². The summed E-state index contributed by atoms with van der Waals surface area (Å²) in [5.41, 5.74) is 4.32. The van der Waals surface area contributed by atoms with E-state index in [1.54, 1.807) is 6.07 Å². The molecule has 0 fully saturated rings. The third-order valence-corrected chi connectivity index (χ3v) is 4.94. The molecule has 1 aliphatic heterocycles. The van der Waals surface area contributed by atoms with Crippen LogP contribution >= 0.6 is 11.6 Å². The molecule has 4 rings (SSSR count). The summed E-state index contributed by atoms with van der Waals surface area (Å²) in [6, 6.07) is 15.1. The summed E-state index contributed by atoms with van der Waals surface area (Å²) >= 11 is 6.01. The first-order valence-electron chi connectivity index (χ1n) is 8.62. The number of carbonyl (C=O) groups is 1. The standard InChI is InChI=1S/C21H19ClN2O2/c1-24-10-9-19-17(12-24)20(16-7-2-3-8-18(16)23-19)21(25)26-13-14-5-4-6-15(22)11-14/h2-8,11H,9-10,12-13H2,1H3. The molecule has 0 bridgehead atoms. The molecule has 132 valence electrons. The Morgan fingerprint density at radius 3 is 2.92 bits per heavy atom. The van der Waals surface area contributed by atoms with Crippen LogP contribution in [0, 0.1) is 0 Å². The van der Waals surface area contributed by atoms with Gasteiger partial charge in [-0.3, -0.25) is 4.98 Å². The number of hydrogen-bond donors (Lipinski definition) is 0. The summed E-state index contributed by atoms with van der Waals surface area (Å²) in [5.74, 6) is -0.310. The van der Waals surface area contributed by atoms with Crippen LogP contribution in [0.5, 0.6) is 0 Å². The van der Waals surface area contributed by atoms with E-state index in [2.05, 4.69) is 11.9 Å². The number of aromatic nitrogens is 1. The molecule has 1 aromatic heterocycles. The van der Waals surface area contributed by atoms with Crippen molar-refractivity contribution in [1.82, 2.24) is 9.88 Å². The van der Waals surface area contributed by atoms with Gasteiger partial charge in [0.2, 0.25) is 0 Å². The highest BCUT2D eigenvalue weighted by Gasteiger charge is 2.25. The zero-order valence-electron chi connectivity index (χ0n) is 14.5. The summed E-state index contributed by atoms with van der Waals surface area (Å²) < 4.78 is 5.63. The number of halogens is 1. The second kappa shape index (κ2) is 7.06. The highest BCUT2D eigenvalue weighted by molar-refractivity contribution is 6.30. The molecule has 0 N–H and O–H groups in total. The minimum absolute atomic E-state index is 0.195. The van der Waals surface area contributed by atoms with Crippen molar-refractivity contribution in [2.24, 2.45) is 0 Å². The molecule has 0 unspecified atom stereocenters. The Hall–Kier alpha value is -2.43. The minimum Gasteiger partial charge on any atom is -0.457 e. The molecule has 0 saturated heterocycles. The van der Waals surface area contributed by atoms with Gasteiger partial charge in [-0.25, -0.2) is 4.79 Å². The first-order valence-corrected chi connectivity index (χ1v) is 9.00. The molecule has 3 aromatic rings. The number of benzene rings is 2. The summed E-state index contributed by atoms with van der Waals surface area (Å²) in [7, 11) is 2.05. The Morgan fingerprint density at radius 2 is 2.08 bits per heavy atom. The molecule has 0 amide bonds. The van der Waals surface area contributed by atoms with Crippen molar-refractivity contribution in [2.45, 2.75) is 19.6 Å². The van der Waals surface area contributed by atoms with Crippen molar-refractivity contribution in [1.29, 1.82) is 0 Å². The molecule has 0 aliphatic carbocycles. The molecule has 5 heteroatoms. The van der Waals surface area contributed by atoms with Gasteiger partial charge in [-0.1, -0.05) is 41.9 Å². The number of pyridine rings is 1. The largest absolute Gasteiger partial charge is 0.457 e. The lowest BCUT2D eigenvalue weighted by Crippen LogP contribution is -2.29. The van der Waals surface area contributed by atoms with Gasteiger partial charge in [-0.15, -0.1) is 0 Å². The predicted octanol–water partition coefficient (Wildman–Crippen LogP) is 4.23. The number of rotatable bonds is 3. The van der Waals surface area contributed by atoms with Gasteiger partial charge in [0.15, 0.2) is 0 Å². The van der Waals surface area contributed by atoms with Gasteiger partial charge in [0.1, 0.15) is 6.61 Å². The van der Waals surface area contributed by atoms with Gasteiger partial charge in [-0.2, -0.15) is 0 Å². The van der Waals surface area contributed by atoms with Crippen LogP contribution in [-0.2, 0) is 24.3 Å². The first kappa shape index (κ1) is 17.0. The summed E-state index contributed by atoms with van der Waals surface area (Å²) in [6.07, 6.45) is 0.839. The van der Waals surface area contributed by atoms with Crippen molar-refractivity contribution >= 4 is 28.5 Å². The smallest absolute Gasteiger partial charge is 0.339 e. The summed E-state index contributed by atoms with van der Waals surface area (Å²) in [5, 5.41) is 1.48. The maximum Gasteiger partial charge on any atom is 0.339 e. The van der Waals surface area contributed by atoms with Crippen molar-refractivity contribution in [3.05, 3.63) is 75.9 Å². The monoisotopic (exact) mass is 366 g/mol. The van der Waals surface area contributed by atoms with E-state index in [-0.39, 0.29) is 12.6 Å². The fourth-order valence-electron chi connectivity index (χ4n) is 3.41. The van der Waals surface area contributed by atoms with E-state index < -0.39 is 0 Å². The van der Waals surface area contributed by atoms with Gasteiger partial charge in [0, 0.05) is 41.2 Å². The van der Waals surface area contributed by atoms with E-state index in [9.17, 15) is 4.79 Å². The average Bonchev–Trinajstić information content (AvgIpc) is 2.64. The minimum atomic E-state index is -0.310. The lowest BCUT2D eigenvalue weighted by Gasteiger charge is -2.26. The van der Waals surface area contributed by atoms with Crippen LogP contribution in [-0.4, -0.2) is 29.4 Å². The van der Waals surface area contributed by atoms with Gasteiger partial charge in [-0.05, 0) is 30.8 Å². The van der Waals surface area contributed by atoms with Crippen LogP contribution in [0.3, 0.4) is 0 Å². The van der Waals surface area contributed by atoms with Crippen molar-refractivity contribution in [2.75, 3.05) is 13.6 Å². The third kappa shape index (κ3) is 3.30. The Labute approximate surface area is 157 Å². The number of para-hydroxylation sites is 1. The fraction of sp³-hybridized carbons (Fsp3) is 0.238. The van der Waals surface area contributed by atoms with Gasteiger partial charge in [0.25, 0.3) is 0 Å². The second-order valence-electron chi connectivity index (χ2n) is 6.62. The van der Waals surface area contributed by atoms with Crippen LogP contribution in [0.25, 0.3) is 10.9 Å². The lowest BCUT2D eigenvalue weighted by molar-refractivity contribution is 0.0472. The third-order valence-electron chi connectivity index (χ3n) is 4.70. The number of hydrogen-bond acceptors (Lipinski definition) is 4. The zero-order chi connectivity index (χ0) is 18.1. The molecular formula is C21H19ClN2O2. The van der Waals surface area contributed by atoms with E-state index >= 15 is 0 Å². The second-order valence-corrected chi connectivity index (χ2v) is 7.06. The van der Waals surface area contributed by atoms with Gasteiger partial charge >= 0.3 is 5.97 Å². The molecule has 2 aromatic carbocycles. The summed E-state index contributed by atoms with van der Waals surface area (Å²) in [6.45, 7) is 1.84. The predicted molar refractivity (Wildman–Crippen MR) is 102 cm³/mol.